The molecule has 0 aliphatic carbocycles. The van der Waals surface area contributed by atoms with Crippen LogP contribution in [0.25, 0.3) is 0 Å². The van der Waals surface area contributed by atoms with Crippen LogP contribution in [0.4, 0.5) is 0 Å². The Bertz CT molecular complexity index is 958. The monoisotopic (exact) mass is 831 g/mol. The van der Waals surface area contributed by atoms with Crippen molar-refractivity contribution in [2.75, 3.05) is 13.2 Å². The molecule has 6 nitrogen and oxygen atoms in total. The maximum atomic E-state index is 12.7. The average molecular weight is 831 g/mol. The van der Waals surface area contributed by atoms with E-state index in [1.54, 1.807) is 0 Å². The SMILES string of the molecule is CCCCCCCC/C=C\CCCCCCCCCCCC(=O)OCC(COC(=O)CCCCCCC)OC(=O)CCCCCCCCC/C=C\CCCCCCCC. The predicted octanol–water partition coefficient (Wildman–Crippen LogP) is 16.8. The van der Waals surface area contributed by atoms with Gasteiger partial charge in [0.05, 0.1) is 0 Å². The predicted molar refractivity (Wildman–Crippen MR) is 252 cm³/mol. The van der Waals surface area contributed by atoms with Crippen LogP contribution < -0.4 is 0 Å². The Balaban J connectivity index is 4.14. The van der Waals surface area contributed by atoms with Gasteiger partial charge in [-0.25, -0.2) is 0 Å². The van der Waals surface area contributed by atoms with Crippen molar-refractivity contribution in [3.05, 3.63) is 24.3 Å². The minimum Gasteiger partial charge on any atom is -0.462 e. The minimum atomic E-state index is -0.767. The highest BCUT2D eigenvalue weighted by Gasteiger charge is 2.19. The van der Waals surface area contributed by atoms with Crippen LogP contribution in [-0.4, -0.2) is 37.2 Å². The molecule has 0 aromatic carbocycles. The molecule has 0 radical (unpaired) electrons. The van der Waals surface area contributed by atoms with E-state index in [0.29, 0.717) is 19.3 Å². The summed E-state index contributed by atoms with van der Waals surface area (Å²) in [6.07, 6.45) is 54.8. The molecule has 0 N–H and O–H groups in total. The highest BCUT2D eigenvalue weighted by atomic mass is 16.6. The summed E-state index contributed by atoms with van der Waals surface area (Å²) < 4.78 is 16.7. The van der Waals surface area contributed by atoms with Gasteiger partial charge in [-0.1, -0.05) is 212 Å². The highest BCUT2D eigenvalue weighted by molar-refractivity contribution is 5.71. The van der Waals surface area contributed by atoms with Gasteiger partial charge < -0.3 is 14.2 Å². The fourth-order valence-electron chi connectivity index (χ4n) is 7.49. The number of carbonyl (C=O) groups excluding carboxylic acids is 3. The van der Waals surface area contributed by atoms with E-state index in [1.165, 1.54) is 173 Å². The van der Waals surface area contributed by atoms with E-state index in [-0.39, 0.29) is 31.1 Å². The van der Waals surface area contributed by atoms with Crippen LogP contribution in [0.5, 0.6) is 0 Å². The molecule has 0 bridgehead atoms. The van der Waals surface area contributed by atoms with Crippen LogP contribution in [-0.2, 0) is 28.6 Å². The average Bonchev–Trinajstić information content (AvgIpc) is 3.23. The van der Waals surface area contributed by atoms with Crippen molar-refractivity contribution in [1.29, 1.82) is 0 Å². The summed E-state index contributed by atoms with van der Waals surface area (Å²) >= 11 is 0. The summed E-state index contributed by atoms with van der Waals surface area (Å²) in [7, 11) is 0. The second kappa shape index (κ2) is 48.6. The first-order valence-corrected chi connectivity index (χ1v) is 25.8. The van der Waals surface area contributed by atoms with Crippen molar-refractivity contribution in [3.8, 4) is 0 Å². The molecule has 59 heavy (non-hydrogen) atoms. The van der Waals surface area contributed by atoms with Gasteiger partial charge in [-0.2, -0.15) is 0 Å². The molecule has 0 saturated heterocycles. The van der Waals surface area contributed by atoms with Crippen molar-refractivity contribution in [2.24, 2.45) is 0 Å². The fourth-order valence-corrected chi connectivity index (χ4v) is 7.49. The minimum absolute atomic E-state index is 0.0719. The third-order valence-corrected chi connectivity index (χ3v) is 11.4. The van der Waals surface area contributed by atoms with Crippen LogP contribution >= 0.6 is 0 Å². The van der Waals surface area contributed by atoms with E-state index in [0.717, 1.165) is 64.2 Å². The largest absolute Gasteiger partial charge is 0.462 e. The van der Waals surface area contributed by atoms with E-state index in [4.69, 9.17) is 14.2 Å². The third-order valence-electron chi connectivity index (χ3n) is 11.4. The summed E-state index contributed by atoms with van der Waals surface area (Å²) in [6.45, 7) is 6.57. The van der Waals surface area contributed by atoms with Gasteiger partial charge in [-0.05, 0) is 70.6 Å². The molecular formula is C53H98O6. The summed E-state index contributed by atoms with van der Waals surface area (Å²) in [5, 5.41) is 0. The Morgan fingerprint density at radius 3 is 0.847 bits per heavy atom. The van der Waals surface area contributed by atoms with Gasteiger partial charge in [0, 0.05) is 19.3 Å². The Morgan fingerprint density at radius 1 is 0.322 bits per heavy atom. The van der Waals surface area contributed by atoms with Crippen molar-refractivity contribution in [3.63, 3.8) is 0 Å². The summed E-state index contributed by atoms with van der Waals surface area (Å²) in [6, 6.07) is 0. The molecule has 0 spiro atoms. The summed E-state index contributed by atoms with van der Waals surface area (Å²) in [5.41, 5.74) is 0. The van der Waals surface area contributed by atoms with Gasteiger partial charge in [-0.15, -0.1) is 0 Å². The van der Waals surface area contributed by atoms with Gasteiger partial charge in [-0.3, -0.25) is 14.4 Å². The number of hydrogen-bond acceptors (Lipinski definition) is 6. The van der Waals surface area contributed by atoms with Crippen LogP contribution in [0.1, 0.15) is 278 Å². The number of hydrogen-bond donors (Lipinski definition) is 0. The maximum Gasteiger partial charge on any atom is 0.306 e. The molecule has 0 aromatic rings. The first kappa shape index (κ1) is 56.9. The summed E-state index contributed by atoms with van der Waals surface area (Å²) in [5.74, 6) is -0.882. The zero-order chi connectivity index (χ0) is 43.0. The fraction of sp³-hybridized carbons (Fsp3) is 0.868. The Morgan fingerprint density at radius 2 is 0.559 bits per heavy atom. The van der Waals surface area contributed by atoms with E-state index >= 15 is 0 Å². The maximum absolute atomic E-state index is 12.7. The van der Waals surface area contributed by atoms with E-state index < -0.39 is 6.10 Å². The van der Waals surface area contributed by atoms with Gasteiger partial charge in [0.2, 0.25) is 0 Å². The molecule has 346 valence electrons. The molecule has 0 aromatic heterocycles. The molecule has 0 fully saturated rings. The molecule has 0 aliphatic heterocycles. The Kier molecular flexibility index (Phi) is 46.8. The van der Waals surface area contributed by atoms with E-state index in [1.807, 2.05) is 0 Å². The van der Waals surface area contributed by atoms with Gasteiger partial charge >= 0.3 is 17.9 Å². The lowest BCUT2D eigenvalue weighted by atomic mass is 10.1. The third kappa shape index (κ3) is 46.8. The molecule has 0 rings (SSSR count). The van der Waals surface area contributed by atoms with Crippen LogP contribution in [0.3, 0.4) is 0 Å². The van der Waals surface area contributed by atoms with Crippen LogP contribution in [0.15, 0.2) is 24.3 Å². The first-order valence-electron chi connectivity index (χ1n) is 25.8. The standard InChI is InChI=1S/C53H98O6/c1-4-7-10-13-15-17-19-21-23-25-26-28-29-31-33-35-37-40-43-46-52(55)58-49-50(48-57-51(54)45-42-39-12-9-6-3)59-53(56)47-44-41-38-36-34-32-30-27-24-22-20-18-16-14-11-8-5-2/h21-24,50H,4-20,25-49H2,1-3H3/b23-21-,24-22-. The second-order valence-corrected chi connectivity index (χ2v) is 17.4. The molecule has 0 amide bonds. The molecular weight excluding hydrogens is 733 g/mol. The molecule has 0 saturated carbocycles. The van der Waals surface area contributed by atoms with Crippen LogP contribution in [0.2, 0.25) is 0 Å². The van der Waals surface area contributed by atoms with Gasteiger partial charge in [0.15, 0.2) is 6.10 Å². The number of rotatable bonds is 47. The van der Waals surface area contributed by atoms with Crippen molar-refractivity contribution in [2.45, 2.75) is 284 Å². The highest BCUT2D eigenvalue weighted by Crippen LogP contribution is 2.15. The van der Waals surface area contributed by atoms with E-state index in [9.17, 15) is 14.4 Å². The van der Waals surface area contributed by atoms with Crippen molar-refractivity contribution >= 4 is 17.9 Å². The number of ether oxygens (including phenoxy) is 3. The smallest absolute Gasteiger partial charge is 0.306 e. The number of unbranched alkanes of at least 4 members (excludes halogenated alkanes) is 32. The lowest BCUT2D eigenvalue weighted by Crippen LogP contribution is -2.30. The van der Waals surface area contributed by atoms with E-state index in [2.05, 4.69) is 45.1 Å². The number of allylic oxidation sites excluding steroid dienone is 4. The molecule has 1 unspecified atom stereocenters. The summed E-state index contributed by atoms with van der Waals surface area (Å²) in [4.78, 5) is 37.6. The zero-order valence-electron chi connectivity index (χ0n) is 39.5. The topological polar surface area (TPSA) is 78.9 Å². The van der Waals surface area contributed by atoms with Crippen LogP contribution in [0, 0.1) is 0 Å². The Labute approximate surface area is 366 Å². The lowest BCUT2D eigenvalue weighted by Gasteiger charge is -2.18. The first-order chi connectivity index (χ1) is 29.0. The quantitative estimate of drug-likeness (QED) is 0.0263. The second-order valence-electron chi connectivity index (χ2n) is 17.4. The lowest BCUT2D eigenvalue weighted by molar-refractivity contribution is -0.167. The van der Waals surface area contributed by atoms with Crippen molar-refractivity contribution in [1.82, 2.24) is 0 Å². The van der Waals surface area contributed by atoms with Crippen molar-refractivity contribution < 1.29 is 28.6 Å². The van der Waals surface area contributed by atoms with Gasteiger partial charge in [0.1, 0.15) is 13.2 Å². The van der Waals surface area contributed by atoms with Gasteiger partial charge in [0.25, 0.3) is 0 Å². The molecule has 0 heterocycles. The molecule has 0 aliphatic rings. The zero-order valence-corrected chi connectivity index (χ0v) is 39.5. The normalized spacial score (nSPS) is 12.1. The molecule has 1 atom stereocenters. The number of carbonyl (C=O) groups is 3. The Hall–Kier alpha value is -2.11. The number of esters is 3. The molecule has 6 heteroatoms.